The molecule has 0 bridgehead atoms. The van der Waals surface area contributed by atoms with Crippen molar-refractivity contribution in [2.45, 2.75) is 6.42 Å². The van der Waals surface area contributed by atoms with Crippen LogP contribution in [0.15, 0.2) is 67.3 Å². The fourth-order valence-electron chi connectivity index (χ4n) is 2.70. The fraction of sp³-hybridized carbons (Fsp3) is 0.0526. The summed E-state index contributed by atoms with van der Waals surface area (Å²) in [5.41, 5.74) is 2.11. The molecule has 0 unspecified atom stereocenters. The van der Waals surface area contributed by atoms with Gasteiger partial charge >= 0.3 is 0 Å². The van der Waals surface area contributed by atoms with Crippen molar-refractivity contribution in [1.29, 1.82) is 0 Å². The molecule has 0 aliphatic carbocycles. The zero-order valence-electron chi connectivity index (χ0n) is 13.6. The topological polar surface area (TPSA) is 74.8 Å². The Labute approximate surface area is 148 Å². The van der Waals surface area contributed by atoms with Crippen molar-refractivity contribution in [3.8, 4) is 0 Å². The summed E-state index contributed by atoms with van der Waals surface area (Å²) in [6.07, 6.45) is 6.65. The number of carbonyl (C=O) groups is 1. The first-order chi connectivity index (χ1) is 12.7. The van der Waals surface area contributed by atoms with E-state index in [2.05, 4.69) is 20.2 Å². The first-order valence-corrected chi connectivity index (χ1v) is 7.97. The van der Waals surface area contributed by atoms with Gasteiger partial charge in [0, 0.05) is 11.6 Å². The van der Waals surface area contributed by atoms with Crippen molar-refractivity contribution in [2.75, 3.05) is 4.90 Å². The molecule has 26 heavy (non-hydrogen) atoms. The zero-order valence-corrected chi connectivity index (χ0v) is 13.6. The number of H-pyrrole nitrogens is 1. The van der Waals surface area contributed by atoms with E-state index in [1.54, 1.807) is 55.1 Å². The summed E-state index contributed by atoms with van der Waals surface area (Å²) in [4.78, 5) is 23.0. The fourth-order valence-corrected chi connectivity index (χ4v) is 2.70. The van der Waals surface area contributed by atoms with Crippen LogP contribution < -0.4 is 4.90 Å². The van der Waals surface area contributed by atoms with E-state index in [1.807, 2.05) is 0 Å². The number of nitrogens with zero attached hydrogens (tertiary/aromatic N) is 4. The van der Waals surface area contributed by atoms with E-state index in [0.717, 1.165) is 16.5 Å². The largest absolute Gasteiger partial charge is 0.276 e. The Morgan fingerprint density at radius 1 is 1.12 bits per heavy atom. The number of benzene rings is 1. The molecular weight excluding hydrogens is 333 g/mol. The molecule has 4 rings (SSSR count). The maximum atomic E-state index is 13.1. The molecular formula is C19H14FN5O. The van der Waals surface area contributed by atoms with E-state index in [9.17, 15) is 9.18 Å². The number of amides is 1. The van der Waals surface area contributed by atoms with E-state index in [0.29, 0.717) is 11.5 Å². The molecule has 1 amide bonds. The van der Waals surface area contributed by atoms with Crippen molar-refractivity contribution in [1.82, 2.24) is 20.2 Å². The molecule has 0 saturated carbocycles. The molecule has 0 saturated heterocycles. The van der Waals surface area contributed by atoms with E-state index < -0.39 is 0 Å². The van der Waals surface area contributed by atoms with Gasteiger partial charge in [-0.05, 0) is 35.9 Å². The average Bonchev–Trinajstić information content (AvgIpc) is 3.13. The molecule has 6 nitrogen and oxygen atoms in total. The smallest absolute Gasteiger partial charge is 0.237 e. The minimum absolute atomic E-state index is 0.111. The number of aromatic amines is 1. The second-order valence-corrected chi connectivity index (χ2v) is 5.74. The highest BCUT2D eigenvalue weighted by Crippen LogP contribution is 2.26. The van der Waals surface area contributed by atoms with Crippen LogP contribution in [0, 0.1) is 5.82 Å². The molecule has 0 aliphatic heterocycles. The zero-order chi connectivity index (χ0) is 17.9. The van der Waals surface area contributed by atoms with E-state index in [-0.39, 0.29) is 18.1 Å². The van der Waals surface area contributed by atoms with Gasteiger partial charge in [-0.15, -0.1) is 0 Å². The van der Waals surface area contributed by atoms with E-state index in [4.69, 9.17) is 0 Å². The van der Waals surface area contributed by atoms with Crippen LogP contribution in [-0.4, -0.2) is 26.1 Å². The summed E-state index contributed by atoms with van der Waals surface area (Å²) < 4.78 is 13.1. The number of carbonyl (C=O) groups excluding carboxylic acids is 1. The Kier molecular flexibility index (Phi) is 4.10. The lowest BCUT2D eigenvalue weighted by Crippen LogP contribution is -2.28. The predicted octanol–water partition coefficient (Wildman–Crippen LogP) is 3.40. The highest BCUT2D eigenvalue weighted by atomic mass is 19.1. The monoisotopic (exact) mass is 347 g/mol. The highest BCUT2D eigenvalue weighted by Gasteiger charge is 2.20. The third-order valence-electron chi connectivity index (χ3n) is 3.96. The summed E-state index contributed by atoms with van der Waals surface area (Å²) in [5, 5.41) is 7.66. The van der Waals surface area contributed by atoms with Gasteiger partial charge in [0.15, 0.2) is 0 Å². The summed E-state index contributed by atoms with van der Waals surface area (Å²) in [6.45, 7) is 0. The molecule has 3 heterocycles. The molecule has 3 aromatic heterocycles. The molecule has 0 spiro atoms. The number of aromatic nitrogens is 4. The summed E-state index contributed by atoms with van der Waals surface area (Å²) in [5.74, 6) is -0.0589. The van der Waals surface area contributed by atoms with E-state index in [1.165, 1.54) is 17.0 Å². The van der Waals surface area contributed by atoms with Crippen LogP contribution >= 0.6 is 0 Å². The van der Waals surface area contributed by atoms with Gasteiger partial charge in [-0.1, -0.05) is 12.1 Å². The number of anilines is 2. The van der Waals surface area contributed by atoms with Gasteiger partial charge in [-0.2, -0.15) is 5.10 Å². The minimum Gasteiger partial charge on any atom is -0.276 e. The Hall–Kier alpha value is -3.61. The van der Waals surface area contributed by atoms with Crippen molar-refractivity contribution in [3.63, 3.8) is 0 Å². The third kappa shape index (κ3) is 3.14. The highest BCUT2D eigenvalue weighted by molar-refractivity contribution is 6.01. The quantitative estimate of drug-likeness (QED) is 0.614. The van der Waals surface area contributed by atoms with Crippen molar-refractivity contribution in [2.24, 2.45) is 0 Å². The normalized spacial score (nSPS) is 10.8. The standard InChI is InChI=1S/C19H14FN5O/c20-15-5-3-13(4-6-15)8-19(26)25(16-2-1-7-21-11-16)18-9-14-10-23-24-17(14)12-22-18/h1-7,9-12H,8H2,(H,23,24). The first kappa shape index (κ1) is 15.9. The van der Waals surface area contributed by atoms with Crippen LogP contribution in [0.1, 0.15) is 5.56 Å². The maximum absolute atomic E-state index is 13.1. The van der Waals surface area contributed by atoms with E-state index >= 15 is 0 Å². The second kappa shape index (κ2) is 6.72. The van der Waals surface area contributed by atoms with Crippen LogP contribution in [-0.2, 0) is 11.2 Å². The van der Waals surface area contributed by atoms with Gasteiger partial charge in [0.25, 0.3) is 0 Å². The molecule has 0 aliphatic rings. The van der Waals surface area contributed by atoms with Crippen molar-refractivity contribution < 1.29 is 9.18 Å². The summed E-state index contributed by atoms with van der Waals surface area (Å²) >= 11 is 0. The Balaban J connectivity index is 1.72. The summed E-state index contributed by atoms with van der Waals surface area (Å²) in [6, 6.07) is 11.2. The van der Waals surface area contributed by atoms with Crippen LogP contribution in [0.3, 0.4) is 0 Å². The van der Waals surface area contributed by atoms with Crippen LogP contribution in [0.25, 0.3) is 10.9 Å². The molecule has 1 N–H and O–H groups in total. The number of halogens is 1. The van der Waals surface area contributed by atoms with Crippen molar-refractivity contribution >= 4 is 28.3 Å². The average molecular weight is 347 g/mol. The second-order valence-electron chi connectivity index (χ2n) is 5.74. The van der Waals surface area contributed by atoms with Gasteiger partial charge < -0.3 is 0 Å². The van der Waals surface area contributed by atoms with Gasteiger partial charge in [0.1, 0.15) is 11.6 Å². The number of nitrogens with one attached hydrogen (secondary N) is 1. The van der Waals surface area contributed by atoms with Gasteiger partial charge in [0.05, 0.1) is 36.2 Å². The predicted molar refractivity (Wildman–Crippen MR) is 95.4 cm³/mol. The van der Waals surface area contributed by atoms with Crippen LogP contribution in [0.4, 0.5) is 15.9 Å². The minimum atomic E-state index is -0.336. The first-order valence-electron chi connectivity index (χ1n) is 7.97. The number of hydrogen-bond donors (Lipinski definition) is 1. The SMILES string of the molecule is O=C(Cc1ccc(F)cc1)N(c1cccnc1)c1cc2cn[nH]c2cn1. The van der Waals surface area contributed by atoms with Gasteiger partial charge in [0.2, 0.25) is 5.91 Å². The number of pyridine rings is 2. The molecule has 4 aromatic rings. The lowest BCUT2D eigenvalue weighted by atomic mass is 10.1. The summed E-state index contributed by atoms with van der Waals surface area (Å²) in [7, 11) is 0. The maximum Gasteiger partial charge on any atom is 0.237 e. The van der Waals surface area contributed by atoms with Gasteiger partial charge in [-0.25, -0.2) is 9.37 Å². The van der Waals surface area contributed by atoms with Gasteiger partial charge in [-0.3, -0.25) is 19.8 Å². The Morgan fingerprint density at radius 2 is 1.96 bits per heavy atom. The molecule has 128 valence electrons. The van der Waals surface area contributed by atoms with Crippen molar-refractivity contribution in [3.05, 3.63) is 78.6 Å². The lowest BCUT2D eigenvalue weighted by Gasteiger charge is -2.21. The Morgan fingerprint density at radius 3 is 2.73 bits per heavy atom. The molecule has 0 radical (unpaired) electrons. The number of fused-ring (bicyclic) bond motifs is 1. The molecule has 7 heteroatoms. The lowest BCUT2D eigenvalue weighted by molar-refractivity contribution is -0.117. The Bertz CT molecular complexity index is 1050. The van der Waals surface area contributed by atoms with Crippen LogP contribution in [0.5, 0.6) is 0 Å². The third-order valence-corrected chi connectivity index (χ3v) is 3.96. The molecule has 0 atom stereocenters. The molecule has 1 aromatic carbocycles. The number of rotatable bonds is 4. The number of hydrogen-bond acceptors (Lipinski definition) is 4. The molecule has 0 fully saturated rings. The van der Waals surface area contributed by atoms with Crippen LogP contribution in [0.2, 0.25) is 0 Å².